The molecule has 5 rings (SSSR count). The maximum Gasteiger partial charge on any atom is 0.175 e. The lowest BCUT2D eigenvalue weighted by Crippen LogP contribution is -2.42. The molecule has 3 aromatic rings. The molecule has 1 N–H and O–H groups in total. The Morgan fingerprint density at radius 1 is 1.10 bits per heavy atom. The maximum absolute atomic E-state index is 10.00. The van der Waals surface area contributed by atoms with E-state index in [2.05, 4.69) is 27.1 Å². The summed E-state index contributed by atoms with van der Waals surface area (Å²) >= 11 is 0. The molecule has 0 unspecified atom stereocenters. The number of hydrogen-bond donors (Lipinski definition) is 1. The van der Waals surface area contributed by atoms with Crippen LogP contribution in [0.5, 0.6) is 5.75 Å². The zero-order chi connectivity index (χ0) is 27.2. The second-order valence-corrected chi connectivity index (χ2v) is 12.0. The summed E-state index contributed by atoms with van der Waals surface area (Å²) < 4.78 is 12.2. The van der Waals surface area contributed by atoms with Crippen LogP contribution in [-0.4, -0.2) is 60.4 Å². The van der Waals surface area contributed by atoms with E-state index in [1.165, 1.54) is 38.5 Å². The van der Waals surface area contributed by atoms with Gasteiger partial charge < -0.3 is 24.2 Å². The molecule has 1 aromatic heterocycles. The third-order valence-electron chi connectivity index (χ3n) is 8.78. The number of benzene rings is 2. The molecule has 2 heterocycles. The van der Waals surface area contributed by atoms with Crippen molar-refractivity contribution in [2.75, 3.05) is 40.3 Å². The molecule has 0 atom stereocenters. The summed E-state index contributed by atoms with van der Waals surface area (Å²) in [6.45, 7) is 4.80. The van der Waals surface area contributed by atoms with Gasteiger partial charge in [0.25, 0.3) is 0 Å². The fourth-order valence-electron chi connectivity index (χ4n) is 6.45. The van der Waals surface area contributed by atoms with Crippen molar-refractivity contribution in [1.82, 2.24) is 15.0 Å². The van der Waals surface area contributed by atoms with Crippen LogP contribution in [0.4, 0.5) is 0 Å². The van der Waals surface area contributed by atoms with Gasteiger partial charge in [-0.05, 0) is 101 Å². The van der Waals surface area contributed by atoms with Gasteiger partial charge in [-0.25, -0.2) is 0 Å². The van der Waals surface area contributed by atoms with E-state index in [0.29, 0.717) is 31.2 Å². The lowest BCUT2D eigenvalue weighted by atomic mass is 9.84. The lowest BCUT2D eigenvalue weighted by Gasteiger charge is -2.38. The molecule has 7 nitrogen and oxygen atoms in total. The number of nitrogens with zero attached hydrogens (tertiary/aromatic N) is 4. The third kappa shape index (κ3) is 8.15. The Balaban J connectivity index is 0.00000231. The molecule has 9 heteroatoms. The van der Waals surface area contributed by atoms with E-state index in [9.17, 15) is 5.11 Å². The highest BCUT2D eigenvalue weighted by molar-refractivity contribution is 5.86. The molecule has 2 fully saturated rings. The van der Waals surface area contributed by atoms with Crippen molar-refractivity contribution in [1.29, 1.82) is 5.26 Å². The fourth-order valence-corrected chi connectivity index (χ4v) is 6.45. The minimum Gasteiger partial charge on any atom is -0.488 e. The van der Waals surface area contributed by atoms with E-state index in [-0.39, 0.29) is 30.2 Å². The summed E-state index contributed by atoms with van der Waals surface area (Å²) in [5, 5.41) is 24.6. The Labute approximate surface area is 256 Å². The number of rotatable bonds is 11. The minimum absolute atomic E-state index is 0. The predicted molar refractivity (Wildman–Crippen MR) is 167 cm³/mol. The second-order valence-electron chi connectivity index (χ2n) is 12.0. The number of fused-ring (bicyclic) bond motifs is 1. The first-order valence-electron chi connectivity index (χ1n) is 14.5. The van der Waals surface area contributed by atoms with Gasteiger partial charge in [-0.15, -0.1) is 24.8 Å². The van der Waals surface area contributed by atoms with Gasteiger partial charge in [0.1, 0.15) is 12.4 Å². The number of aryl methyl sites for hydroxylation is 1. The fraction of sp³-hybridized carbons (Fsp3) is 0.562. The van der Waals surface area contributed by atoms with Crippen molar-refractivity contribution in [3.05, 3.63) is 58.8 Å². The highest BCUT2D eigenvalue weighted by atomic mass is 35.5. The monoisotopic (exact) mass is 602 g/mol. The van der Waals surface area contributed by atoms with E-state index in [1.54, 1.807) is 0 Å². The zero-order valence-corrected chi connectivity index (χ0v) is 25.9. The molecule has 0 amide bonds. The average Bonchev–Trinajstić information content (AvgIpc) is 3.60. The van der Waals surface area contributed by atoms with Gasteiger partial charge in [-0.3, -0.25) is 0 Å². The van der Waals surface area contributed by atoms with Crippen molar-refractivity contribution in [2.45, 2.75) is 64.5 Å². The van der Waals surface area contributed by atoms with Gasteiger partial charge in [0, 0.05) is 30.5 Å². The molecule has 2 aromatic carbocycles. The van der Waals surface area contributed by atoms with E-state index in [0.717, 1.165) is 66.0 Å². The number of likely N-dealkylation sites (tertiary alicyclic amines) is 1. The van der Waals surface area contributed by atoms with E-state index < -0.39 is 0 Å². The van der Waals surface area contributed by atoms with Crippen molar-refractivity contribution in [2.24, 2.45) is 11.3 Å². The summed E-state index contributed by atoms with van der Waals surface area (Å²) in [6, 6.07) is 13.8. The van der Waals surface area contributed by atoms with Crippen molar-refractivity contribution in [3.63, 3.8) is 0 Å². The Morgan fingerprint density at radius 3 is 2.44 bits per heavy atom. The lowest BCUT2D eigenvalue weighted by molar-refractivity contribution is 0.0602. The first-order chi connectivity index (χ1) is 19.0. The highest BCUT2D eigenvalue weighted by Gasteiger charge is 2.35. The highest BCUT2D eigenvalue weighted by Crippen LogP contribution is 2.39. The Kier molecular flexibility index (Phi) is 12.3. The molecule has 0 spiro atoms. The van der Waals surface area contributed by atoms with Gasteiger partial charge in [0.15, 0.2) is 5.58 Å². The number of aromatic nitrogens is 1. The van der Waals surface area contributed by atoms with E-state index in [1.807, 2.05) is 44.4 Å². The van der Waals surface area contributed by atoms with Crippen molar-refractivity contribution < 1.29 is 14.4 Å². The first-order valence-corrected chi connectivity index (χ1v) is 14.5. The van der Waals surface area contributed by atoms with E-state index >= 15 is 0 Å². The van der Waals surface area contributed by atoms with Crippen LogP contribution in [0.1, 0.15) is 67.3 Å². The van der Waals surface area contributed by atoms with Crippen molar-refractivity contribution in [3.8, 4) is 11.8 Å². The largest absolute Gasteiger partial charge is 0.488 e. The number of aliphatic hydroxyl groups is 1. The van der Waals surface area contributed by atoms with Crippen LogP contribution in [-0.2, 0) is 19.6 Å². The smallest absolute Gasteiger partial charge is 0.175 e. The topological polar surface area (TPSA) is 85.8 Å². The number of ether oxygens (including phenoxy) is 1. The molecule has 1 saturated carbocycles. The second kappa shape index (κ2) is 15.2. The Morgan fingerprint density at radius 2 is 1.80 bits per heavy atom. The number of nitriles is 1. The van der Waals surface area contributed by atoms with Gasteiger partial charge >= 0.3 is 0 Å². The predicted octanol–water partition coefficient (Wildman–Crippen LogP) is 6.38. The molecule has 224 valence electrons. The number of halogens is 2. The summed E-state index contributed by atoms with van der Waals surface area (Å²) in [5.74, 6) is 1.51. The SMILES string of the molecule is CN(C)Cc1c(OCc2ccc(C#N)cc2)ccc2c(CCC3CCN(CC4(CO)CCCC4)CC3)noc12.Cl.Cl. The zero-order valence-electron chi connectivity index (χ0n) is 24.3. The summed E-state index contributed by atoms with van der Waals surface area (Å²) in [6.07, 6.45) is 9.38. The Bertz CT molecular complexity index is 1270. The number of hydrogen-bond acceptors (Lipinski definition) is 7. The van der Waals surface area contributed by atoms with Crippen LogP contribution in [0, 0.1) is 22.7 Å². The standard InChI is InChI=1S/C32H42N4O3.2ClH/c1-35(2)20-28-30(38-21-26-7-5-25(19-33)6-8-26)12-10-27-29(34-39-31(27)28)11-9-24-13-17-36(18-14-24)22-32(23-37)15-3-4-16-32;;/h5-8,10,12,24,37H,3-4,9,11,13-18,20-23H2,1-2H3;2*1H. The summed E-state index contributed by atoms with van der Waals surface area (Å²) in [7, 11) is 4.09. The molecular formula is C32H44Cl2N4O3. The molecule has 1 aliphatic carbocycles. The molecule has 1 aliphatic heterocycles. The first kappa shape index (κ1) is 33.2. The van der Waals surface area contributed by atoms with Gasteiger partial charge in [-0.2, -0.15) is 5.26 Å². The molecule has 41 heavy (non-hydrogen) atoms. The minimum atomic E-state index is 0. The molecule has 0 radical (unpaired) electrons. The molecule has 1 saturated heterocycles. The van der Waals surface area contributed by atoms with Gasteiger partial charge in [-0.1, -0.05) is 30.1 Å². The van der Waals surface area contributed by atoms with Crippen LogP contribution < -0.4 is 4.74 Å². The van der Waals surface area contributed by atoms with Crippen LogP contribution in [0.25, 0.3) is 11.0 Å². The Hall–Kier alpha value is -2.34. The van der Waals surface area contributed by atoms with Gasteiger partial charge in [0.05, 0.1) is 22.9 Å². The maximum atomic E-state index is 10.00. The van der Waals surface area contributed by atoms with Crippen LogP contribution >= 0.6 is 24.8 Å². The summed E-state index contributed by atoms with van der Waals surface area (Å²) in [5.41, 5.74) is 4.69. The molecule has 2 aliphatic rings. The van der Waals surface area contributed by atoms with Crippen LogP contribution in [0.3, 0.4) is 0 Å². The number of piperidine rings is 1. The van der Waals surface area contributed by atoms with Crippen molar-refractivity contribution >= 4 is 35.8 Å². The van der Waals surface area contributed by atoms with Crippen LogP contribution in [0.15, 0.2) is 40.9 Å². The molecule has 0 bridgehead atoms. The summed E-state index contributed by atoms with van der Waals surface area (Å²) in [4.78, 5) is 4.71. The van der Waals surface area contributed by atoms with E-state index in [4.69, 9.17) is 14.5 Å². The normalized spacial score (nSPS) is 17.2. The van der Waals surface area contributed by atoms with Gasteiger partial charge in [0.2, 0.25) is 0 Å². The third-order valence-corrected chi connectivity index (χ3v) is 8.78. The van der Waals surface area contributed by atoms with Crippen LogP contribution in [0.2, 0.25) is 0 Å². The average molecular weight is 604 g/mol. The quantitative estimate of drug-likeness (QED) is 0.272. The molecular weight excluding hydrogens is 559 g/mol. The number of aliphatic hydroxyl groups excluding tert-OH is 1.